The lowest BCUT2D eigenvalue weighted by Gasteiger charge is -2.07. The third-order valence-electron chi connectivity index (χ3n) is 2.48. The van der Waals surface area contributed by atoms with E-state index in [9.17, 15) is 0 Å². The Labute approximate surface area is 113 Å². The van der Waals surface area contributed by atoms with Crippen LogP contribution in [-0.4, -0.2) is 11.8 Å². The molecule has 0 fully saturated rings. The molecule has 1 aromatic heterocycles. The van der Waals surface area contributed by atoms with Gasteiger partial charge in [0.05, 0.1) is 6.61 Å². The summed E-state index contributed by atoms with van der Waals surface area (Å²) in [4.78, 5) is 0. The molecule has 0 saturated carbocycles. The Kier molecular flexibility index (Phi) is 3.68. The molecule has 0 saturated heterocycles. The fraction of sp³-hybridized carbons (Fsp3) is 0.231. The van der Waals surface area contributed by atoms with Crippen molar-refractivity contribution >= 4 is 15.9 Å². The molecule has 0 atom stereocenters. The Morgan fingerprint density at radius 3 is 2.83 bits per heavy atom. The predicted octanol–water partition coefficient (Wildman–Crippen LogP) is 3.68. The van der Waals surface area contributed by atoms with Crippen molar-refractivity contribution in [1.82, 2.24) is 5.16 Å². The zero-order chi connectivity index (χ0) is 13.1. The SMILES string of the molecule is CCOc1ccc(-c2onc(C#N)c2Br)cc1C. The molecule has 0 aliphatic heterocycles. The lowest BCUT2D eigenvalue weighted by atomic mass is 10.1. The van der Waals surface area contributed by atoms with Crippen molar-refractivity contribution in [3.63, 3.8) is 0 Å². The quantitative estimate of drug-likeness (QED) is 0.868. The molecule has 0 radical (unpaired) electrons. The monoisotopic (exact) mass is 306 g/mol. The third-order valence-corrected chi connectivity index (χ3v) is 3.21. The van der Waals surface area contributed by atoms with E-state index in [4.69, 9.17) is 14.5 Å². The molecular weight excluding hydrogens is 296 g/mol. The normalized spacial score (nSPS) is 10.1. The highest BCUT2D eigenvalue weighted by atomic mass is 79.9. The van der Waals surface area contributed by atoms with Crippen LogP contribution in [0.3, 0.4) is 0 Å². The molecule has 1 heterocycles. The topological polar surface area (TPSA) is 59.1 Å². The van der Waals surface area contributed by atoms with Crippen molar-refractivity contribution < 1.29 is 9.26 Å². The zero-order valence-electron chi connectivity index (χ0n) is 10.0. The number of halogens is 1. The molecule has 0 aliphatic rings. The van der Waals surface area contributed by atoms with Gasteiger partial charge in [0.2, 0.25) is 0 Å². The molecule has 0 spiro atoms. The van der Waals surface area contributed by atoms with Crippen LogP contribution in [0.4, 0.5) is 0 Å². The summed E-state index contributed by atoms with van der Waals surface area (Å²) in [6.45, 7) is 4.54. The molecule has 5 heteroatoms. The van der Waals surface area contributed by atoms with Gasteiger partial charge in [-0.2, -0.15) is 5.26 Å². The second-order valence-corrected chi connectivity index (χ2v) is 4.49. The molecule has 0 unspecified atom stereocenters. The number of aromatic nitrogens is 1. The second kappa shape index (κ2) is 5.23. The van der Waals surface area contributed by atoms with Crippen LogP contribution in [0.5, 0.6) is 5.75 Å². The van der Waals surface area contributed by atoms with Crippen molar-refractivity contribution in [2.45, 2.75) is 13.8 Å². The summed E-state index contributed by atoms with van der Waals surface area (Å²) >= 11 is 3.31. The average molecular weight is 307 g/mol. The van der Waals surface area contributed by atoms with Crippen molar-refractivity contribution in [2.75, 3.05) is 6.61 Å². The van der Waals surface area contributed by atoms with Gasteiger partial charge in [-0.3, -0.25) is 0 Å². The number of rotatable bonds is 3. The Hall–Kier alpha value is -1.80. The van der Waals surface area contributed by atoms with E-state index in [2.05, 4.69) is 21.1 Å². The van der Waals surface area contributed by atoms with E-state index in [1.165, 1.54) is 0 Å². The molecule has 0 N–H and O–H groups in total. The maximum atomic E-state index is 8.82. The molecule has 0 amide bonds. The van der Waals surface area contributed by atoms with Crippen LogP contribution in [0.15, 0.2) is 27.2 Å². The highest BCUT2D eigenvalue weighted by Gasteiger charge is 2.15. The van der Waals surface area contributed by atoms with Crippen LogP contribution in [-0.2, 0) is 0 Å². The molecule has 92 valence electrons. The molecule has 18 heavy (non-hydrogen) atoms. The van der Waals surface area contributed by atoms with Crippen LogP contribution in [0.2, 0.25) is 0 Å². The van der Waals surface area contributed by atoms with Crippen LogP contribution < -0.4 is 4.74 Å². The molecule has 0 aliphatic carbocycles. The summed E-state index contributed by atoms with van der Waals surface area (Å²) in [5, 5.41) is 12.5. The van der Waals surface area contributed by atoms with E-state index >= 15 is 0 Å². The van der Waals surface area contributed by atoms with E-state index < -0.39 is 0 Å². The van der Waals surface area contributed by atoms with Gasteiger partial charge in [-0.05, 0) is 53.5 Å². The Morgan fingerprint density at radius 1 is 1.50 bits per heavy atom. The van der Waals surface area contributed by atoms with Crippen molar-refractivity contribution in [1.29, 1.82) is 5.26 Å². The maximum absolute atomic E-state index is 8.82. The van der Waals surface area contributed by atoms with Gasteiger partial charge in [0.15, 0.2) is 11.5 Å². The Morgan fingerprint density at radius 2 is 2.28 bits per heavy atom. The number of hydrogen-bond donors (Lipinski definition) is 0. The average Bonchev–Trinajstić information content (AvgIpc) is 2.73. The van der Waals surface area contributed by atoms with Gasteiger partial charge in [0, 0.05) is 5.56 Å². The van der Waals surface area contributed by atoms with Gasteiger partial charge >= 0.3 is 0 Å². The van der Waals surface area contributed by atoms with E-state index in [0.29, 0.717) is 16.8 Å². The minimum Gasteiger partial charge on any atom is -0.494 e. The minimum atomic E-state index is 0.247. The van der Waals surface area contributed by atoms with Crippen LogP contribution in [0.25, 0.3) is 11.3 Å². The van der Waals surface area contributed by atoms with E-state index in [1.54, 1.807) is 0 Å². The summed E-state index contributed by atoms with van der Waals surface area (Å²) in [5.74, 6) is 1.40. The number of aryl methyl sites for hydroxylation is 1. The number of ether oxygens (including phenoxy) is 1. The summed E-state index contributed by atoms with van der Waals surface area (Å²) in [7, 11) is 0. The van der Waals surface area contributed by atoms with Gasteiger partial charge in [0.25, 0.3) is 0 Å². The van der Waals surface area contributed by atoms with E-state index in [-0.39, 0.29) is 5.69 Å². The van der Waals surface area contributed by atoms with Crippen molar-refractivity contribution in [3.05, 3.63) is 33.9 Å². The first-order valence-corrected chi connectivity index (χ1v) is 6.25. The second-order valence-electron chi connectivity index (χ2n) is 3.70. The minimum absolute atomic E-state index is 0.247. The van der Waals surface area contributed by atoms with Crippen LogP contribution in [0.1, 0.15) is 18.2 Å². The molecule has 2 rings (SSSR count). The Balaban J connectivity index is 2.43. The molecule has 0 bridgehead atoms. The summed E-state index contributed by atoms with van der Waals surface area (Å²) in [6.07, 6.45) is 0. The number of nitrogens with zero attached hydrogens (tertiary/aromatic N) is 2. The van der Waals surface area contributed by atoms with Gasteiger partial charge in [-0.25, -0.2) is 0 Å². The van der Waals surface area contributed by atoms with Crippen LogP contribution in [0, 0.1) is 18.3 Å². The van der Waals surface area contributed by atoms with Gasteiger partial charge in [-0.15, -0.1) is 0 Å². The lowest BCUT2D eigenvalue weighted by Crippen LogP contribution is -1.93. The first-order chi connectivity index (χ1) is 8.67. The standard InChI is InChI=1S/C13H11BrN2O2/c1-3-17-11-5-4-9(6-8(11)2)13-12(14)10(7-15)16-18-13/h4-6H,3H2,1-2H3. The lowest BCUT2D eigenvalue weighted by molar-refractivity contribution is 0.338. The number of nitriles is 1. The summed E-state index contributed by atoms with van der Waals surface area (Å²) in [5.41, 5.74) is 2.12. The predicted molar refractivity (Wildman–Crippen MR) is 70.3 cm³/mol. The van der Waals surface area contributed by atoms with E-state index in [1.807, 2.05) is 38.1 Å². The largest absolute Gasteiger partial charge is 0.494 e. The molecule has 2 aromatic rings. The Bertz CT molecular complexity index is 614. The van der Waals surface area contributed by atoms with E-state index in [0.717, 1.165) is 16.9 Å². The highest BCUT2D eigenvalue weighted by Crippen LogP contribution is 2.33. The highest BCUT2D eigenvalue weighted by molar-refractivity contribution is 9.10. The van der Waals surface area contributed by atoms with Crippen molar-refractivity contribution in [3.8, 4) is 23.1 Å². The first kappa shape index (κ1) is 12.7. The third kappa shape index (κ3) is 2.24. The summed E-state index contributed by atoms with van der Waals surface area (Å²) < 4.78 is 11.2. The van der Waals surface area contributed by atoms with Crippen molar-refractivity contribution in [2.24, 2.45) is 0 Å². The molecule has 4 nitrogen and oxygen atoms in total. The van der Waals surface area contributed by atoms with Crippen LogP contribution >= 0.6 is 15.9 Å². The fourth-order valence-electron chi connectivity index (χ4n) is 1.64. The zero-order valence-corrected chi connectivity index (χ0v) is 11.6. The van der Waals surface area contributed by atoms with Gasteiger partial charge in [0.1, 0.15) is 16.3 Å². The molecular formula is C13H11BrN2O2. The molecule has 1 aromatic carbocycles. The fourth-order valence-corrected chi connectivity index (χ4v) is 2.10. The smallest absolute Gasteiger partial charge is 0.198 e. The summed E-state index contributed by atoms with van der Waals surface area (Å²) in [6, 6.07) is 7.66. The maximum Gasteiger partial charge on any atom is 0.198 e. The number of benzene rings is 1. The first-order valence-electron chi connectivity index (χ1n) is 5.46. The van der Waals surface area contributed by atoms with Gasteiger partial charge < -0.3 is 9.26 Å². The van der Waals surface area contributed by atoms with Gasteiger partial charge in [-0.1, -0.05) is 5.16 Å². The number of hydrogen-bond acceptors (Lipinski definition) is 4.